The molecule has 144 valence electrons. The van der Waals surface area contributed by atoms with Crippen molar-refractivity contribution in [2.45, 2.75) is 0 Å². The highest BCUT2D eigenvalue weighted by molar-refractivity contribution is 7.25. The molecule has 5 aromatic carbocycles. The van der Waals surface area contributed by atoms with Gasteiger partial charge in [-0.05, 0) is 68.4 Å². The van der Waals surface area contributed by atoms with Crippen LogP contribution in [0.3, 0.4) is 0 Å². The molecule has 0 aliphatic heterocycles. The Hall–Kier alpha value is -3.75. The maximum Gasteiger partial charge on any atom is 0.0355 e. The Morgan fingerprint density at radius 2 is 1.06 bits per heavy atom. The van der Waals surface area contributed by atoms with Crippen LogP contribution in [0.4, 0.5) is 0 Å². The Kier molecular flexibility index (Phi) is 3.49. The third-order valence-corrected chi connectivity index (χ3v) is 7.50. The van der Waals surface area contributed by atoms with Crippen LogP contribution in [-0.2, 0) is 0 Å². The van der Waals surface area contributed by atoms with Crippen molar-refractivity contribution in [2.24, 2.45) is 0 Å². The van der Waals surface area contributed by atoms with Crippen molar-refractivity contribution < 1.29 is 0 Å². The third-order valence-electron chi connectivity index (χ3n) is 6.35. The molecule has 0 N–H and O–H groups in total. The van der Waals surface area contributed by atoms with Crippen molar-refractivity contribution >= 4 is 63.8 Å². The highest BCUT2D eigenvalue weighted by Gasteiger charge is 2.11. The fourth-order valence-electron chi connectivity index (χ4n) is 4.88. The number of fused-ring (bicyclic) bond motifs is 9. The van der Waals surface area contributed by atoms with E-state index in [-0.39, 0.29) is 0 Å². The molecule has 0 aliphatic rings. The molecule has 0 saturated heterocycles. The van der Waals surface area contributed by atoms with Crippen LogP contribution in [-0.4, -0.2) is 4.98 Å². The Labute approximate surface area is 183 Å². The van der Waals surface area contributed by atoms with Crippen molar-refractivity contribution in [3.63, 3.8) is 0 Å². The summed E-state index contributed by atoms with van der Waals surface area (Å²) in [7, 11) is 0. The number of hydrogen-bond acceptors (Lipinski definition) is 2. The molecular weight excluding hydrogens is 394 g/mol. The minimum atomic E-state index is 1.21. The smallest absolute Gasteiger partial charge is 0.0355 e. The molecule has 0 aliphatic carbocycles. The number of thiophene rings is 1. The Morgan fingerprint density at radius 1 is 0.452 bits per heavy atom. The molecule has 0 spiro atoms. The molecule has 0 amide bonds. The van der Waals surface area contributed by atoms with Crippen molar-refractivity contribution in [1.29, 1.82) is 0 Å². The molecular formula is C29H17NS. The van der Waals surface area contributed by atoms with Gasteiger partial charge in [-0.3, -0.25) is 4.98 Å². The molecule has 0 bridgehead atoms. The minimum absolute atomic E-state index is 1.21. The average Bonchev–Trinajstić information content (AvgIpc) is 3.22. The van der Waals surface area contributed by atoms with Crippen LogP contribution in [0.25, 0.3) is 63.6 Å². The predicted molar refractivity (Wildman–Crippen MR) is 135 cm³/mol. The molecule has 2 heterocycles. The highest BCUT2D eigenvalue weighted by Crippen LogP contribution is 2.39. The standard InChI is InChI=1S/C29H17NS/c1-2-6-21-20(5-1)22-11-9-18(15-25(22)27-17-30-14-13-23(21)27)19-10-12-29-26(16-19)24-7-3-4-8-28(24)31-29/h1-17H. The summed E-state index contributed by atoms with van der Waals surface area (Å²) in [6, 6.07) is 33.2. The zero-order valence-corrected chi connectivity index (χ0v) is 17.5. The van der Waals surface area contributed by atoms with Gasteiger partial charge in [-0.1, -0.05) is 60.7 Å². The van der Waals surface area contributed by atoms with Crippen molar-refractivity contribution in [1.82, 2.24) is 4.98 Å². The van der Waals surface area contributed by atoms with E-state index in [0.717, 1.165) is 0 Å². The van der Waals surface area contributed by atoms with E-state index in [9.17, 15) is 0 Å². The first kappa shape index (κ1) is 17.0. The molecule has 7 rings (SSSR count). The first-order valence-electron chi connectivity index (χ1n) is 10.5. The van der Waals surface area contributed by atoms with Gasteiger partial charge in [-0.15, -0.1) is 11.3 Å². The van der Waals surface area contributed by atoms with Gasteiger partial charge in [-0.25, -0.2) is 0 Å². The van der Waals surface area contributed by atoms with Gasteiger partial charge in [0.1, 0.15) is 0 Å². The minimum Gasteiger partial charge on any atom is -0.264 e. The topological polar surface area (TPSA) is 12.9 Å². The molecule has 0 radical (unpaired) electrons. The Bertz CT molecular complexity index is 1760. The van der Waals surface area contributed by atoms with Gasteiger partial charge >= 0.3 is 0 Å². The van der Waals surface area contributed by atoms with E-state index >= 15 is 0 Å². The zero-order valence-electron chi connectivity index (χ0n) is 16.7. The first-order chi connectivity index (χ1) is 15.4. The second-order valence-electron chi connectivity index (χ2n) is 8.04. The lowest BCUT2D eigenvalue weighted by Gasteiger charge is -2.11. The van der Waals surface area contributed by atoms with Crippen LogP contribution in [0.2, 0.25) is 0 Å². The van der Waals surface area contributed by atoms with Crippen LogP contribution < -0.4 is 0 Å². The average molecular weight is 412 g/mol. The van der Waals surface area contributed by atoms with E-state index in [0.29, 0.717) is 0 Å². The van der Waals surface area contributed by atoms with E-state index in [1.807, 2.05) is 23.7 Å². The fourth-order valence-corrected chi connectivity index (χ4v) is 5.97. The van der Waals surface area contributed by atoms with Crippen molar-refractivity contribution in [3.05, 3.63) is 103 Å². The lowest BCUT2D eigenvalue weighted by molar-refractivity contribution is 1.37. The van der Waals surface area contributed by atoms with Crippen molar-refractivity contribution in [3.8, 4) is 11.1 Å². The first-order valence-corrected chi connectivity index (χ1v) is 11.3. The molecule has 7 aromatic rings. The van der Waals surface area contributed by atoms with Gasteiger partial charge in [0.25, 0.3) is 0 Å². The molecule has 2 heteroatoms. The quantitative estimate of drug-likeness (QED) is 0.247. The number of hydrogen-bond donors (Lipinski definition) is 0. The van der Waals surface area contributed by atoms with E-state index in [1.165, 1.54) is 63.6 Å². The molecule has 0 atom stereocenters. The molecule has 1 nitrogen and oxygen atoms in total. The van der Waals surface area contributed by atoms with Gasteiger partial charge in [0.2, 0.25) is 0 Å². The Balaban J connectivity index is 1.54. The summed E-state index contributed by atoms with van der Waals surface area (Å²) in [5, 5.41) is 10.3. The monoisotopic (exact) mass is 411 g/mol. The summed E-state index contributed by atoms with van der Waals surface area (Å²) in [4.78, 5) is 4.44. The largest absolute Gasteiger partial charge is 0.264 e. The summed E-state index contributed by atoms with van der Waals surface area (Å²) < 4.78 is 2.68. The molecule has 31 heavy (non-hydrogen) atoms. The second-order valence-corrected chi connectivity index (χ2v) is 9.12. The van der Waals surface area contributed by atoms with Gasteiger partial charge < -0.3 is 0 Å². The number of pyridine rings is 1. The summed E-state index contributed by atoms with van der Waals surface area (Å²) in [5.41, 5.74) is 2.49. The summed E-state index contributed by atoms with van der Waals surface area (Å²) in [6.45, 7) is 0. The number of nitrogens with zero attached hydrogens (tertiary/aromatic N) is 1. The maximum atomic E-state index is 4.44. The zero-order chi connectivity index (χ0) is 20.4. The number of aromatic nitrogens is 1. The van der Waals surface area contributed by atoms with E-state index in [4.69, 9.17) is 0 Å². The normalized spacial score (nSPS) is 11.9. The maximum absolute atomic E-state index is 4.44. The van der Waals surface area contributed by atoms with E-state index in [1.54, 1.807) is 0 Å². The van der Waals surface area contributed by atoms with Crippen LogP contribution in [0.5, 0.6) is 0 Å². The van der Waals surface area contributed by atoms with Crippen LogP contribution in [0.15, 0.2) is 103 Å². The molecule has 0 saturated carbocycles. The summed E-state index contributed by atoms with van der Waals surface area (Å²) in [5.74, 6) is 0. The lowest BCUT2D eigenvalue weighted by Crippen LogP contribution is -1.85. The number of benzene rings is 5. The van der Waals surface area contributed by atoms with E-state index < -0.39 is 0 Å². The molecule has 2 aromatic heterocycles. The van der Waals surface area contributed by atoms with E-state index in [2.05, 4.69) is 96.0 Å². The fraction of sp³-hybridized carbons (Fsp3) is 0. The van der Waals surface area contributed by atoms with Crippen molar-refractivity contribution in [2.75, 3.05) is 0 Å². The van der Waals surface area contributed by atoms with Crippen LogP contribution in [0.1, 0.15) is 0 Å². The summed E-state index contributed by atoms with van der Waals surface area (Å²) in [6.07, 6.45) is 3.89. The predicted octanol–water partition coefficient (Wildman–Crippen LogP) is 8.58. The second kappa shape index (κ2) is 6.37. The van der Waals surface area contributed by atoms with Gasteiger partial charge in [0.05, 0.1) is 0 Å². The van der Waals surface area contributed by atoms with Gasteiger partial charge in [-0.2, -0.15) is 0 Å². The van der Waals surface area contributed by atoms with Crippen LogP contribution in [0, 0.1) is 0 Å². The summed E-state index contributed by atoms with van der Waals surface area (Å²) >= 11 is 1.86. The van der Waals surface area contributed by atoms with Gasteiger partial charge in [0.15, 0.2) is 0 Å². The van der Waals surface area contributed by atoms with Crippen LogP contribution >= 0.6 is 11.3 Å². The Morgan fingerprint density at radius 3 is 1.90 bits per heavy atom. The molecule has 0 unspecified atom stereocenters. The third kappa shape index (κ3) is 2.46. The number of rotatable bonds is 1. The SMILES string of the molecule is c1ccc2c(c1)sc1ccc(-c3ccc4c5ccccc5c5ccncc5c4c3)cc12. The molecule has 0 fully saturated rings. The highest BCUT2D eigenvalue weighted by atomic mass is 32.1. The van der Waals surface area contributed by atoms with Gasteiger partial charge in [0, 0.05) is 38.0 Å². The lowest BCUT2D eigenvalue weighted by atomic mass is 9.92.